The van der Waals surface area contributed by atoms with Gasteiger partial charge < -0.3 is 11.1 Å². The van der Waals surface area contributed by atoms with Crippen LogP contribution in [0.15, 0.2) is 18.2 Å². The third kappa shape index (κ3) is 1.94. The van der Waals surface area contributed by atoms with Crippen LogP contribution in [-0.4, -0.2) is 23.1 Å². The third-order valence-electron chi connectivity index (χ3n) is 3.15. The Bertz CT molecular complexity index is 558. The molecule has 0 spiro atoms. The second-order valence-electron chi connectivity index (χ2n) is 4.32. The van der Waals surface area contributed by atoms with Gasteiger partial charge in [-0.3, -0.25) is 0 Å². The standard InChI is InChI=1S/C12H13ClN4/c13-8-1-2-9-10(5-8)16-12(14)17-11(9)7-3-4-15-6-7/h1-2,5,7,15H,3-4,6H2,(H2,14,16,17). The highest BCUT2D eigenvalue weighted by atomic mass is 35.5. The van der Waals surface area contributed by atoms with Crippen LogP contribution in [0, 0.1) is 0 Å². The molecule has 1 saturated heterocycles. The molecule has 0 amide bonds. The molecule has 0 saturated carbocycles. The summed E-state index contributed by atoms with van der Waals surface area (Å²) in [7, 11) is 0. The summed E-state index contributed by atoms with van der Waals surface area (Å²) in [6.07, 6.45) is 1.09. The van der Waals surface area contributed by atoms with Crippen molar-refractivity contribution in [2.24, 2.45) is 0 Å². The highest BCUT2D eigenvalue weighted by Crippen LogP contribution is 2.29. The quantitative estimate of drug-likeness (QED) is 0.810. The Hall–Kier alpha value is -1.39. The van der Waals surface area contributed by atoms with Crippen LogP contribution in [0.1, 0.15) is 18.0 Å². The van der Waals surface area contributed by atoms with E-state index < -0.39 is 0 Å². The first-order valence-electron chi connectivity index (χ1n) is 5.67. The van der Waals surface area contributed by atoms with Crippen molar-refractivity contribution in [3.63, 3.8) is 0 Å². The van der Waals surface area contributed by atoms with Gasteiger partial charge in [-0.25, -0.2) is 9.97 Å². The van der Waals surface area contributed by atoms with Gasteiger partial charge in [0.2, 0.25) is 5.95 Å². The van der Waals surface area contributed by atoms with E-state index in [9.17, 15) is 0 Å². The molecule has 1 atom stereocenters. The number of nitrogens with one attached hydrogen (secondary N) is 1. The number of hydrogen-bond acceptors (Lipinski definition) is 4. The number of nitrogens with two attached hydrogens (primary N) is 1. The van der Waals surface area contributed by atoms with Crippen LogP contribution in [0.25, 0.3) is 10.9 Å². The fraction of sp³-hybridized carbons (Fsp3) is 0.333. The topological polar surface area (TPSA) is 63.8 Å². The number of nitrogens with zero attached hydrogens (tertiary/aromatic N) is 2. The zero-order valence-electron chi connectivity index (χ0n) is 9.28. The lowest BCUT2D eigenvalue weighted by molar-refractivity contribution is 0.742. The fourth-order valence-electron chi connectivity index (χ4n) is 2.35. The summed E-state index contributed by atoms with van der Waals surface area (Å²) < 4.78 is 0. The van der Waals surface area contributed by atoms with Crippen molar-refractivity contribution in [2.75, 3.05) is 18.8 Å². The van der Waals surface area contributed by atoms with E-state index in [2.05, 4.69) is 15.3 Å². The first-order chi connectivity index (χ1) is 8.24. The number of fused-ring (bicyclic) bond motifs is 1. The van der Waals surface area contributed by atoms with Gasteiger partial charge in [0.1, 0.15) is 0 Å². The second kappa shape index (κ2) is 4.13. The van der Waals surface area contributed by atoms with Gasteiger partial charge in [0, 0.05) is 22.9 Å². The summed E-state index contributed by atoms with van der Waals surface area (Å²) in [6, 6.07) is 5.68. The maximum absolute atomic E-state index is 5.97. The molecule has 4 nitrogen and oxygen atoms in total. The van der Waals surface area contributed by atoms with Crippen molar-refractivity contribution in [2.45, 2.75) is 12.3 Å². The first-order valence-corrected chi connectivity index (χ1v) is 6.05. The van der Waals surface area contributed by atoms with Gasteiger partial charge in [-0.05, 0) is 31.2 Å². The zero-order chi connectivity index (χ0) is 11.8. The highest BCUT2D eigenvalue weighted by molar-refractivity contribution is 6.31. The number of hydrogen-bond donors (Lipinski definition) is 2. The van der Waals surface area contributed by atoms with Crippen molar-refractivity contribution in [3.05, 3.63) is 28.9 Å². The molecule has 1 aliphatic heterocycles. The van der Waals surface area contributed by atoms with E-state index in [0.29, 0.717) is 16.9 Å². The van der Waals surface area contributed by atoms with Crippen LogP contribution < -0.4 is 11.1 Å². The molecule has 0 aliphatic carbocycles. The minimum atomic E-state index is 0.321. The number of halogens is 1. The summed E-state index contributed by atoms with van der Waals surface area (Å²) in [5.74, 6) is 0.741. The average molecular weight is 249 g/mol. The lowest BCUT2D eigenvalue weighted by Crippen LogP contribution is -2.10. The highest BCUT2D eigenvalue weighted by Gasteiger charge is 2.21. The van der Waals surface area contributed by atoms with Crippen LogP contribution in [0.2, 0.25) is 5.02 Å². The van der Waals surface area contributed by atoms with Gasteiger partial charge in [-0.2, -0.15) is 0 Å². The summed E-state index contributed by atoms with van der Waals surface area (Å²) in [5.41, 5.74) is 7.62. The summed E-state index contributed by atoms with van der Waals surface area (Å²) in [4.78, 5) is 8.63. The van der Waals surface area contributed by atoms with Crippen LogP contribution in [0.5, 0.6) is 0 Å². The van der Waals surface area contributed by atoms with Gasteiger partial charge in [-0.1, -0.05) is 11.6 Å². The molecule has 5 heteroatoms. The molecular formula is C12H13ClN4. The van der Waals surface area contributed by atoms with E-state index in [1.807, 2.05) is 18.2 Å². The predicted octanol–water partition coefficient (Wildman–Crippen LogP) is 1.94. The Kier molecular flexibility index (Phi) is 2.61. The van der Waals surface area contributed by atoms with Crippen LogP contribution in [-0.2, 0) is 0 Å². The maximum atomic E-state index is 5.97. The fourth-order valence-corrected chi connectivity index (χ4v) is 2.51. The zero-order valence-corrected chi connectivity index (χ0v) is 10.0. The van der Waals surface area contributed by atoms with Gasteiger partial charge in [0.05, 0.1) is 11.2 Å². The van der Waals surface area contributed by atoms with Crippen molar-refractivity contribution >= 4 is 28.5 Å². The molecule has 1 aromatic heterocycles. The van der Waals surface area contributed by atoms with Crippen molar-refractivity contribution in [1.29, 1.82) is 0 Å². The summed E-state index contributed by atoms with van der Waals surface area (Å²) >= 11 is 5.97. The predicted molar refractivity (Wildman–Crippen MR) is 69.2 cm³/mol. The Morgan fingerprint density at radius 2 is 2.24 bits per heavy atom. The van der Waals surface area contributed by atoms with Crippen LogP contribution >= 0.6 is 11.6 Å². The number of rotatable bonds is 1. The van der Waals surface area contributed by atoms with Crippen LogP contribution in [0.3, 0.4) is 0 Å². The van der Waals surface area contributed by atoms with Gasteiger partial charge in [0.15, 0.2) is 0 Å². The number of anilines is 1. The van der Waals surface area contributed by atoms with E-state index in [1.165, 1.54) is 0 Å². The molecule has 2 aromatic rings. The van der Waals surface area contributed by atoms with Crippen molar-refractivity contribution in [3.8, 4) is 0 Å². The summed E-state index contributed by atoms with van der Waals surface area (Å²) in [5, 5.41) is 5.06. The second-order valence-corrected chi connectivity index (χ2v) is 4.75. The van der Waals surface area contributed by atoms with E-state index in [-0.39, 0.29) is 0 Å². The third-order valence-corrected chi connectivity index (χ3v) is 3.39. The molecule has 1 aliphatic rings. The molecule has 88 valence electrons. The molecule has 1 aromatic carbocycles. The average Bonchev–Trinajstić information content (AvgIpc) is 2.80. The van der Waals surface area contributed by atoms with Gasteiger partial charge >= 0.3 is 0 Å². The van der Waals surface area contributed by atoms with Crippen molar-refractivity contribution in [1.82, 2.24) is 15.3 Å². The minimum absolute atomic E-state index is 0.321. The minimum Gasteiger partial charge on any atom is -0.368 e. The molecular weight excluding hydrogens is 236 g/mol. The van der Waals surface area contributed by atoms with Crippen LogP contribution in [0.4, 0.5) is 5.95 Å². The normalized spacial score (nSPS) is 19.9. The lowest BCUT2D eigenvalue weighted by Gasteiger charge is -2.11. The molecule has 2 heterocycles. The van der Waals surface area contributed by atoms with E-state index in [1.54, 1.807) is 0 Å². The van der Waals surface area contributed by atoms with E-state index >= 15 is 0 Å². The van der Waals surface area contributed by atoms with Crippen molar-refractivity contribution < 1.29 is 0 Å². The lowest BCUT2D eigenvalue weighted by atomic mass is 10.0. The smallest absolute Gasteiger partial charge is 0.220 e. The molecule has 1 unspecified atom stereocenters. The monoisotopic (exact) mass is 248 g/mol. The summed E-state index contributed by atoms with van der Waals surface area (Å²) in [6.45, 7) is 1.98. The first kappa shape index (κ1) is 10.7. The Morgan fingerprint density at radius 1 is 1.35 bits per heavy atom. The Labute approximate surface area is 104 Å². The number of nitrogen functional groups attached to an aromatic ring is 1. The molecule has 0 radical (unpaired) electrons. The molecule has 0 bridgehead atoms. The maximum Gasteiger partial charge on any atom is 0.220 e. The number of benzene rings is 1. The SMILES string of the molecule is Nc1nc(C2CCNC2)c2ccc(Cl)cc2n1. The van der Waals surface area contributed by atoms with E-state index in [4.69, 9.17) is 17.3 Å². The molecule has 17 heavy (non-hydrogen) atoms. The Balaban J connectivity index is 2.21. The van der Waals surface area contributed by atoms with Gasteiger partial charge in [-0.15, -0.1) is 0 Å². The molecule has 1 fully saturated rings. The van der Waals surface area contributed by atoms with E-state index in [0.717, 1.165) is 36.1 Å². The molecule has 3 rings (SSSR count). The largest absolute Gasteiger partial charge is 0.368 e. The molecule has 3 N–H and O–H groups in total. The Morgan fingerprint density at radius 3 is 3.00 bits per heavy atom. The number of aromatic nitrogens is 2. The van der Waals surface area contributed by atoms with Gasteiger partial charge in [0.25, 0.3) is 0 Å².